The molecule has 6 heteroatoms. The minimum absolute atomic E-state index is 0. The van der Waals surface area contributed by atoms with E-state index in [4.69, 9.17) is 9.47 Å². The first-order chi connectivity index (χ1) is 11.8. The number of amides is 1. The van der Waals surface area contributed by atoms with E-state index in [1.807, 2.05) is 30.3 Å². The first kappa shape index (κ1) is 21.7. The van der Waals surface area contributed by atoms with Crippen LogP contribution in [0.25, 0.3) is 0 Å². The molecule has 1 fully saturated rings. The highest BCUT2D eigenvalue weighted by Crippen LogP contribution is 2.16. The van der Waals surface area contributed by atoms with E-state index in [0.29, 0.717) is 25.8 Å². The van der Waals surface area contributed by atoms with E-state index in [9.17, 15) is 4.79 Å². The normalized spacial score (nSPS) is 15.0. The second kappa shape index (κ2) is 13.9. The third-order valence-corrected chi connectivity index (χ3v) is 4.21. The van der Waals surface area contributed by atoms with Crippen LogP contribution in [0.5, 0.6) is 5.75 Å². The largest absolute Gasteiger partial charge is 0.491 e. The van der Waals surface area contributed by atoms with Gasteiger partial charge in [-0.2, -0.15) is 0 Å². The van der Waals surface area contributed by atoms with E-state index in [1.54, 1.807) is 0 Å². The fourth-order valence-electron chi connectivity index (χ4n) is 2.91. The Kier molecular flexibility index (Phi) is 12.1. The van der Waals surface area contributed by atoms with Crippen LogP contribution >= 0.6 is 12.4 Å². The lowest BCUT2D eigenvalue weighted by Crippen LogP contribution is -2.38. The van der Waals surface area contributed by atoms with Gasteiger partial charge in [-0.1, -0.05) is 43.9 Å². The van der Waals surface area contributed by atoms with Gasteiger partial charge in [-0.05, 0) is 25.0 Å². The lowest BCUT2D eigenvalue weighted by atomic mass is 10.1. The van der Waals surface area contributed by atoms with Gasteiger partial charge >= 0.3 is 0 Å². The highest BCUT2D eigenvalue weighted by Gasteiger charge is 2.10. The van der Waals surface area contributed by atoms with Crippen molar-refractivity contribution in [3.63, 3.8) is 0 Å². The van der Waals surface area contributed by atoms with Gasteiger partial charge in [0.1, 0.15) is 19.0 Å². The maximum Gasteiger partial charge on any atom is 0.246 e. The van der Waals surface area contributed by atoms with Gasteiger partial charge in [-0.15, -0.1) is 12.4 Å². The number of carbonyl (C=O) groups excluding carboxylic acids is 1. The van der Waals surface area contributed by atoms with Crippen molar-refractivity contribution in [3.05, 3.63) is 30.3 Å². The second-order valence-electron chi connectivity index (χ2n) is 6.21. The number of para-hydroxylation sites is 1. The Labute approximate surface area is 157 Å². The molecule has 0 heterocycles. The molecule has 2 rings (SSSR count). The average molecular weight is 371 g/mol. The number of carbonyl (C=O) groups is 1. The lowest BCUT2D eigenvalue weighted by molar-refractivity contribution is -0.125. The van der Waals surface area contributed by atoms with Crippen molar-refractivity contribution >= 4 is 18.3 Å². The number of rotatable bonds is 10. The Morgan fingerprint density at radius 2 is 1.72 bits per heavy atom. The Hall–Kier alpha value is -1.30. The fraction of sp³-hybridized carbons (Fsp3) is 0.632. The molecule has 0 atom stereocenters. The first-order valence-electron chi connectivity index (χ1n) is 9.10. The molecule has 0 spiro atoms. The lowest BCUT2D eigenvalue weighted by Gasteiger charge is -2.16. The monoisotopic (exact) mass is 370 g/mol. The summed E-state index contributed by atoms with van der Waals surface area (Å²) in [6, 6.07) is 10.2. The Morgan fingerprint density at radius 1 is 1.00 bits per heavy atom. The maximum atomic E-state index is 11.7. The number of benzene rings is 1. The van der Waals surface area contributed by atoms with E-state index in [-0.39, 0.29) is 24.9 Å². The van der Waals surface area contributed by atoms with Crippen LogP contribution in [0.3, 0.4) is 0 Å². The molecule has 1 saturated carbocycles. The summed E-state index contributed by atoms with van der Waals surface area (Å²) in [6.45, 7) is 2.41. The third-order valence-electron chi connectivity index (χ3n) is 4.21. The number of hydrogen-bond acceptors (Lipinski definition) is 4. The molecular formula is C19H31ClN2O3. The Morgan fingerprint density at radius 3 is 2.44 bits per heavy atom. The van der Waals surface area contributed by atoms with Crippen molar-refractivity contribution in [2.45, 2.75) is 44.6 Å². The van der Waals surface area contributed by atoms with Crippen LogP contribution in [0.2, 0.25) is 0 Å². The van der Waals surface area contributed by atoms with Gasteiger partial charge in [0.2, 0.25) is 5.91 Å². The molecule has 0 saturated heterocycles. The molecule has 5 nitrogen and oxygen atoms in total. The van der Waals surface area contributed by atoms with E-state index in [1.165, 1.54) is 38.5 Å². The molecule has 25 heavy (non-hydrogen) atoms. The van der Waals surface area contributed by atoms with Gasteiger partial charge in [0, 0.05) is 19.1 Å². The van der Waals surface area contributed by atoms with Crippen LogP contribution in [0.4, 0.5) is 0 Å². The summed E-state index contributed by atoms with van der Waals surface area (Å²) in [5, 5.41) is 6.42. The molecule has 0 aliphatic heterocycles. The minimum atomic E-state index is -0.0719. The van der Waals surface area contributed by atoms with E-state index in [0.717, 1.165) is 12.3 Å². The van der Waals surface area contributed by atoms with Gasteiger partial charge in [0.25, 0.3) is 0 Å². The van der Waals surface area contributed by atoms with Crippen molar-refractivity contribution in [1.29, 1.82) is 0 Å². The smallest absolute Gasteiger partial charge is 0.246 e. The zero-order valence-electron chi connectivity index (χ0n) is 14.9. The Bertz CT molecular complexity index is 451. The van der Waals surface area contributed by atoms with Gasteiger partial charge in [-0.3, -0.25) is 4.79 Å². The van der Waals surface area contributed by atoms with Crippen molar-refractivity contribution < 1.29 is 14.3 Å². The molecule has 2 N–H and O–H groups in total. The summed E-state index contributed by atoms with van der Waals surface area (Å²) in [4.78, 5) is 11.7. The predicted molar refractivity (Wildman–Crippen MR) is 103 cm³/mol. The summed E-state index contributed by atoms with van der Waals surface area (Å²) < 4.78 is 10.8. The first-order valence-corrected chi connectivity index (χ1v) is 9.10. The third kappa shape index (κ3) is 10.3. The van der Waals surface area contributed by atoms with E-state index < -0.39 is 0 Å². The summed E-state index contributed by atoms with van der Waals surface area (Å²) >= 11 is 0. The molecule has 0 radical (unpaired) electrons. The summed E-state index contributed by atoms with van der Waals surface area (Å²) in [5.41, 5.74) is 0. The zero-order chi connectivity index (χ0) is 16.9. The van der Waals surface area contributed by atoms with E-state index in [2.05, 4.69) is 10.6 Å². The van der Waals surface area contributed by atoms with Crippen LogP contribution in [0.1, 0.15) is 38.5 Å². The summed E-state index contributed by atoms with van der Waals surface area (Å²) in [5.74, 6) is 0.743. The number of hydrogen-bond donors (Lipinski definition) is 2. The summed E-state index contributed by atoms with van der Waals surface area (Å²) in [7, 11) is 0. The zero-order valence-corrected chi connectivity index (χ0v) is 15.7. The van der Waals surface area contributed by atoms with Crippen molar-refractivity contribution in [2.24, 2.45) is 0 Å². The van der Waals surface area contributed by atoms with Crippen LogP contribution in [0, 0.1) is 0 Å². The van der Waals surface area contributed by atoms with Crippen molar-refractivity contribution in [1.82, 2.24) is 10.6 Å². The molecule has 1 aliphatic rings. The fourth-order valence-corrected chi connectivity index (χ4v) is 2.91. The van der Waals surface area contributed by atoms with Crippen LogP contribution in [-0.4, -0.2) is 44.9 Å². The molecule has 1 aromatic rings. The molecule has 0 unspecified atom stereocenters. The molecule has 142 valence electrons. The van der Waals surface area contributed by atoms with Gasteiger partial charge in [-0.25, -0.2) is 0 Å². The van der Waals surface area contributed by atoms with Crippen LogP contribution in [-0.2, 0) is 9.53 Å². The SMILES string of the molecule is Cl.O=C(COCCOc1ccccc1)NCCNC1CCCCCC1. The molecule has 1 aliphatic carbocycles. The van der Waals surface area contributed by atoms with Gasteiger partial charge in [0.15, 0.2) is 0 Å². The van der Waals surface area contributed by atoms with Gasteiger partial charge < -0.3 is 20.1 Å². The Balaban J connectivity index is 0.00000312. The topological polar surface area (TPSA) is 59.6 Å². The quantitative estimate of drug-likeness (QED) is 0.491. The maximum absolute atomic E-state index is 11.7. The average Bonchev–Trinajstić information content (AvgIpc) is 2.88. The molecule has 0 bridgehead atoms. The minimum Gasteiger partial charge on any atom is -0.491 e. The predicted octanol–water partition coefficient (Wildman–Crippen LogP) is 2.93. The van der Waals surface area contributed by atoms with Crippen molar-refractivity contribution in [2.75, 3.05) is 32.9 Å². The summed E-state index contributed by atoms with van der Waals surface area (Å²) in [6.07, 6.45) is 7.89. The van der Waals surface area contributed by atoms with E-state index >= 15 is 0 Å². The van der Waals surface area contributed by atoms with Crippen molar-refractivity contribution in [3.8, 4) is 5.75 Å². The number of ether oxygens (including phenoxy) is 2. The van der Waals surface area contributed by atoms with Crippen LogP contribution < -0.4 is 15.4 Å². The highest BCUT2D eigenvalue weighted by molar-refractivity contribution is 5.85. The molecule has 0 aromatic heterocycles. The molecule has 1 aromatic carbocycles. The number of halogens is 1. The second-order valence-corrected chi connectivity index (χ2v) is 6.21. The highest BCUT2D eigenvalue weighted by atomic mass is 35.5. The standard InChI is InChI=1S/C19H30N2O3.ClH/c22-19(16-23-14-15-24-18-10-6-3-7-11-18)21-13-12-20-17-8-4-1-2-5-9-17;/h3,6-7,10-11,17,20H,1-2,4-5,8-9,12-16H2,(H,21,22);1H. The number of nitrogens with one attached hydrogen (secondary N) is 2. The van der Waals surface area contributed by atoms with Gasteiger partial charge in [0.05, 0.1) is 6.61 Å². The molecule has 1 amide bonds. The van der Waals surface area contributed by atoms with Crippen LogP contribution in [0.15, 0.2) is 30.3 Å². The molecular weight excluding hydrogens is 340 g/mol.